The number of aromatic nitrogens is 2. The highest BCUT2D eigenvalue weighted by Gasteiger charge is 2.02. The first-order chi connectivity index (χ1) is 7.29. The lowest BCUT2D eigenvalue weighted by Crippen LogP contribution is -2.06. The summed E-state index contributed by atoms with van der Waals surface area (Å²) in [5.41, 5.74) is 1.84. The molecule has 94 valence electrons. The number of nitrogens with one attached hydrogen (secondary N) is 2. The number of benzene rings is 1. The average Bonchev–Trinajstić information content (AvgIpc) is 2.68. The highest BCUT2D eigenvalue weighted by atomic mass is 35.5. The number of aromatic amines is 1. The summed E-state index contributed by atoms with van der Waals surface area (Å²) in [6, 6.07) is 6.33. The van der Waals surface area contributed by atoms with Gasteiger partial charge in [-0.1, -0.05) is 0 Å². The molecule has 0 unspecified atom stereocenters. The minimum Gasteiger partial charge on any atom is -0.341 e. The lowest BCUT2D eigenvalue weighted by molar-refractivity contribution is 0.628. The molecular weight excluding hydrogens is 264 g/mol. The standard InChI is InChI=1S/C11H12FN3.2ClH/c1-13-7-11-14-6-10(15-11)8-2-4-9(12)5-3-8;;/h2-6,13H,7H2,1H3,(H,14,15);2*1H. The second kappa shape index (κ2) is 7.27. The molecule has 0 bridgehead atoms. The van der Waals surface area contributed by atoms with Crippen LogP contribution in [0.4, 0.5) is 4.39 Å². The molecule has 2 aromatic rings. The Labute approximate surface area is 112 Å². The molecule has 0 aliphatic carbocycles. The van der Waals surface area contributed by atoms with Gasteiger partial charge in [0.25, 0.3) is 0 Å². The van der Waals surface area contributed by atoms with Crippen LogP contribution in [0, 0.1) is 5.82 Å². The van der Waals surface area contributed by atoms with Gasteiger partial charge in [-0.2, -0.15) is 0 Å². The molecule has 0 saturated heterocycles. The van der Waals surface area contributed by atoms with Crippen LogP contribution in [0.5, 0.6) is 0 Å². The summed E-state index contributed by atoms with van der Waals surface area (Å²) in [6.07, 6.45) is 1.75. The first-order valence-corrected chi connectivity index (χ1v) is 4.74. The van der Waals surface area contributed by atoms with Gasteiger partial charge in [-0.25, -0.2) is 9.37 Å². The Kier molecular flexibility index (Phi) is 6.80. The van der Waals surface area contributed by atoms with Crippen molar-refractivity contribution in [1.29, 1.82) is 0 Å². The van der Waals surface area contributed by atoms with Crippen molar-refractivity contribution in [3.63, 3.8) is 0 Å². The largest absolute Gasteiger partial charge is 0.341 e. The Morgan fingerprint density at radius 1 is 1.24 bits per heavy atom. The second-order valence-electron chi connectivity index (χ2n) is 3.28. The van der Waals surface area contributed by atoms with Crippen LogP contribution in [-0.4, -0.2) is 17.0 Å². The van der Waals surface area contributed by atoms with Crippen LogP contribution in [0.3, 0.4) is 0 Å². The molecule has 0 atom stereocenters. The van der Waals surface area contributed by atoms with Crippen LogP contribution >= 0.6 is 24.8 Å². The number of imidazole rings is 1. The van der Waals surface area contributed by atoms with Gasteiger partial charge in [0.15, 0.2) is 0 Å². The van der Waals surface area contributed by atoms with E-state index in [2.05, 4.69) is 15.3 Å². The lowest BCUT2D eigenvalue weighted by atomic mass is 10.2. The summed E-state index contributed by atoms with van der Waals surface area (Å²) >= 11 is 0. The van der Waals surface area contributed by atoms with Gasteiger partial charge in [0.2, 0.25) is 0 Å². The van der Waals surface area contributed by atoms with E-state index < -0.39 is 0 Å². The Bertz CT molecular complexity index is 442. The second-order valence-corrected chi connectivity index (χ2v) is 3.28. The van der Waals surface area contributed by atoms with Gasteiger partial charge in [-0.15, -0.1) is 24.8 Å². The van der Waals surface area contributed by atoms with Crippen molar-refractivity contribution in [2.75, 3.05) is 7.05 Å². The maximum Gasteiger partial charge on any atom is 0.123 e. The fourth-order valence-electron chi connectivity index (χ4n) is 1.40. The van der Waals surface area contributed by atoms with E-state index in [1.54, 1.807) is 18.3 Å². The van der Waals surface area contributed by atoms with Crippen LogP contribution in [-0.2, 0) is 6.54 Å². The smallest absolute Gasteiger partial charge is 0.123 e. The van der Waals surface area contributed by atoms with Gasteiger partial charge in [0.1, 0.15) is 11.6 Å². The van der Waals surface area contributed by atoms with Crippen LogP contribution in [0.25, 0.3) is 11.3 Å². The number of hydrogen-bond acceptors (Lipinski definition) is 2. The molecule has 6 heteroatoms. The highest BCUT2D eigenvalue weighted by molar-refractivity contribution is 5.85. The minimum absolute atomic E-state index is 0. The summed E-state index contributed by atoms with van der Waals surface area (Å²) in [5.74, 6) is 0.644. The number of hydrogen-bond donors (Lipinski definition) is 2. The molecule has 1 aromatic heterocycles. The minimum atomic E-state index is -0.228. The number of H-pyrrole nitrogens is 1. The van der Waals surface area contributed by atoms with Crippen molar-refractivity contribution in [1.82, 2.24) is 15.3 Å². The van der Waals surface area contributed by atoms with E-state index in [0.717, 1.165) is 17.1 Å². The van der Waals surface area contributed by atoms with Crippen LogP contribution in [0.2, 0.25) is 0 Å². The quantitative estimate of drug-likeness (QED) is 0.906. The SMILES string of the molecule is CNCc1ncc(-c2ccc(F)cc2)[nH]1.Cl.Cl. The Morgan fingerprint density at radius 3 is 2.47 bits per heavy atom. The molecule has 0 amide bonds. The number of rotatable bonds is 3. The number of halogens is 3. The summed E-state index contributed by atoms with van der Waals surface area (Å²) in [4.78, 5) is 7.35. The normalized spacial score (nSPS) is 9.29. The fraction of sp³-hybridized carbons (Fsp3) is 0.182. The Hall–Kier alpha value is -1.10. The molecule has 1 aromatic carbocycles. The molecule has 1 heterocycles. The third-order valence-electron chi connectivity index (χ3n) is 2.13. The molecule has 17 heavy (non-hydrogen) atoms. The van der Waals surface area contributed by atoms with Crippen molar-refractivity contribution >= 4 is 24.8 Å². The van der Waals surface area contributed by atoms with E-state index in [4.69, 9.17) is 0 Å². The van der Waals surface area contributed by atoms with Crippen molar-refractivity contribution in [3.05, 3.63) is 42.1 Å². The Balaban J connectivity index is 0.00000128. The van der Waals surface area contributed by atoms with E-state index in [1.165, 1.54) is 12.1 Å². The van der Waals surface area contributed by atoms with Crippen molar-refractivity contribution < 1.29 is 4.39 Å². The monoisotopic (exact) mass is 277 g/mol. The lowest BCUT2D eigenvalue weighted by Gasteiger charge is -1.97. The fourth-order valence-corrected chi connectivity index (χ4v) is 1.40. The predicted molar refractivity (Wildman–Crippen MR) is 71.2 cm³/mol. The van der Waals surface area contributed by atoms with Crippen LogP contribution in [0.15, 0.2) is 30.5 Å². The van der Waals surface area contributed by atoms with Gasteiger partial charge < -0.3 is 10.3 Å². The molecule has 2 N–H and O–H groups in total. The summed E-state index contributed by atoms with van der Waals surface area (Å²) < 4.78 is 12.7. The van der Waals surface area contributed by atoms with E-state index in [9.17, 15) is 4.39 Å². The molecule has 0 radical (unpaired) electrons. The number of nitrogens with zero attached hydrogens (tertiary/aromatic N) is 1. The molecule has 0 saturated carbocycles. The maximum absolute atomic E-state index is 12.7. The van der Waals surface area contributed by atoms with Crippen molar-refractivity contribution in [2.45, 2.75) is 6.54 Å². The van der Waals surface area contributed by atoms with Gasteiger partial charge in [0.05, 0.1) is 18.4 Å². The van der Waals surface area contributed by atoms with E-state index in [1.807, 2.05) is 7.05 Å². The summed E-state index contributed by atoms with van der Waals surface area (Å²) in [6.45, 7) is 0.696. The van der Waals surface area contributed by atoms with E-state index in [0.29, 0.717) is 6.54 Å². The topological polar surface area (TPSA) is 40.7 Å². The molecule has 0 aliphatic rings. The third kappa shape index (κ3) is 4.00. The van der Waals surface area contributed by atoms with Crippen molar-refractivity contribution in [3.8, 4) is 11.3 Å². The summed E-state index contributed by atoms with van der Waals surface area (Å²) in [5, 5.41) is 3.00. The summed E-state index contributed by atoms with van der Waals surface area (Å²) in [7, 11) is 1.86. The average molecular weight is 278 g/mol. The molecular formula is C11H14Cl2FN3. The van der Waals surface area contributed by atoms with Gasteiger partial charge >= 0.3 is 0 Å². The predicted octanol–water partition coefficient (Wildman–Crippen LogP) is 2.78. The van der Waals surface area contributed by atoms with Crippen molar-refractivity contribution in [2.24, 2.45) is 0 Å². The van der Waals surface area contributed by atoms with Crippen LogP contribution < -0.4 is 5.32 Å². The molecule has 0 spiro atoms. The van der Waals surface area contributed by atoms with Crippen LogP contribution in [0.1, 0.15) is 5.82 Å². The van der Waals surface area contributed by atoms with Gasteiger partial charge in [-0.3, -0.25) is 0 Å². The first-order valence-electron chi connectivity index (χ1n) is 4.74. The molecule has 0 fully saturated rings. The zero-order valence-electron chi connectivity index (χ0n) is 9.24. The molecule has 2 rings (SSSR count). The van der Waals surface area contributed by atoms with E-state index >= 15 is 0 Å². The third-order valence-corrected chi connectivity index (χ3v) is 2.13. The van der Waals surface area contributed by atoms with Gasteiger partial charge in [0, 0.05) is 0 Å². The zero-order valence-corrected chi connectivity index (χ0v) is 10.9. The highest BCUT2D eigenvalue weighted by Crippen LogP contribution is 2.16. The van der Waals surface area contributed by atoms with Gasteiger partial charge in [-0.05, 0) is 36.9 Å². The maximum atomic E-state index is 12.7. The Morgan fingerprint density at radius 2 is 1.88 bits per heavy atom. The zero-order chi connectivity index (χ0) is 10.7. The molecule has 0 aliphatic heterocycles. The molecule has 3 nitrogen and oxygen atoms in total. The first kappa shape index (κ1) is 15.9. The van der Waals surface area contributed by atoms with E-state index in [-0.39, 0.29) is 30.6 Å².